The molecule has 2 aliphatic heterocycles. The van der Waals surface area contributed by atoms with Crippen LogP contribution in [0.4, 0.5) is 13.2 Å². The number of hydrogen-bond acceptors (Lipinski definition) is 9. The zero-order valence-corrected chi connectivity index (χ0v) is 19.4. The lowest BCUT2D eigenvalue weighted by Gasteiger charge is -2.49. The number of nitrogens with zero attached hydrogens (tertiary/aromatic N) is 5. The van der Waals surface area contributed by atoms with Crippen LogP contribution < -0.4 is 5.32 Å². The molecule has 33 heavy (non-hydrogen) atoms. The van der Waals surface area contributed by atoms with Gasteiger partial charge in [-0.3, -0.25) is 19.2 Å². The number of fused-ring (bicyclic) bond motifs is 1. The molecule has 2 amide bonds. The summed E-state index contributed by atoms with van der Waals surface area (Å²) in [5.41, 5.74) is -1.22. The summed E-state index contributed by atoms with van der Waals surface area (Å²) in [5.74, 6) is -2.28. The normalized spacial score (nSPS) is 20.5. The summed E-state index contributed by atoms with van der Waals surface area (Å²) in [6.45, 7) is 1.80. The molecule has 2 aromatic heterocycles. The molecule has 0 bridgehead atoms. The number of aryl methyl sites for hydroxylation is 2. The van der Waals surface area contributed by atoms with E-state index in [1.807, 2.05) is 0 Å². The molecule has 2 atom stereocenters. The highest BCUT2D eigenvalue weighted by Gasteiger charge is 2.54. The van der Waals surface area contributed by atoms with E-state index in [9.17, 15) is 32.7 Å². The molecule has 1 saturated heterocycles. The smallest absolute Gasteiger partial charge is 0.433 e. The number of nitrogens with one attached hydrogen (secondary N) is 1. The van der Waals surface area contributed by atoms with Crippen LogP contribution in [-0.2, 0) is 22.8 Å². The molecule has 0 unspecified atom stereocenters. The standard InChI is InChI=1S/C17H15F3N6O4S3/c1-6-22-23-16(33-6)32-5-7-4-31-14-10(13(28)26(14)11(7)15(29)30)21-12(27)8-3-9(17(18,19)20)25(2)24-8/h3,10,14H,4-5H2,1-2H3,(H,21,27)(H,29,30)/t10-,14+/m1/s1. The summed E-state index contributed by atoms with van der Waals surface area (Å²) in [6, 6.07) is -0.481. The quantitative estimate of drug-likeness (QED) is 0.432. The maximum absolute atomic E-state index is 13.0. The zero-order chi connectivity index (χ0) is 24.1. The predicted octanol–water partition coefficient (Wildman–Crippen LogP) is 1.74. The second-order valence-corrected chi connectivity index (χ2v) is 10.5. The molecule has 176 valence electrons. The van der Waals surface area contributed by atoms with Gasteiger partial charge in [0.25, 0.3) is 11.8 Å². The van der Waals surface area contributed by atoms with Gasteiger partial charge in [-0.15, -0.1) is 22.0 Å². The molecule has 16 heteroatoms. The Bertz CT molecular complexity index is 1180. The lowest BCUT2D eigenvalue weighted by Crippen LogP contribution is -2.70. The minimum absolute atomic E-state index is 0.153. The zero-order valence-electron chi connectivity index (χ0n) is 16.9. The number of hydrogen-bond donors (Lipinski definition) is 2. The molecule has 2 aromatic rings. The average Bonchev–Trinajstić information content (AvgIpc) is 3.34. The van der Waals surface area contributed by atoms with Crippen molar-refractivity contribution in [3.05, 3.63) is 33.7 Å². The van der Waals surface area contributed by atoms with Crippen LogP contribution >= 0.6 is 34.9 Å². The number of thioether (sulfide) groups is 2. The number of halogens is 3. The summed E-state index contributed by atoms with van der Waals surface area (Å²) >= 11 is 3.94. The number of amides is 2. The predicted molar refractivity (Wildman–Crippen MR) is 113 cm³/mol. The fourth-order valence-corrected chi connectivity index (χ4v) is 6.64. The number of alkyl halides is 3. The maximum Gasteiger partial charge on any atom is 0.433 e. The Labute approximate surface area is 196 Å². The van der Waals surface area contributed by atoms with E-state index in [0.29, 0.717) is 32.2 Å². The Morgan fingerprint density at radius 3 is 2.67 bits per heavy atom. The van der Waals surface area contributed by atoms with E-state index in [-0.39, 0.29) is 5.70 Å². The van der Waals surface area contributed by atoms with E-state index in [0.717, 1.165) is 17.0 Å². The first-order chi connectivity index (χ1) is 15.5. The number of carboxylic acids is 1. The van der Waals surface area contributed by atoms with Crippen LogP contribution in [0.15, 0.2) is 21.7 Å². The van der Waals surface area contributed by atoms with Crippen molar-refractivity contribution in [2.75, 3.05) is 11.5 Å². The minimum Gasteiger partial charge on any atom is -0.477 e. The summed E-state index contributed by atoms with van der Waals surface area (Å²) in [6.07, 6.45) is -4.69. The SMILES string of the molecule is Cc1nnc(SCC2=C(C(=O)O)N3C(=O)[C@@H](NC(=O)c4cc(C(F)(F)F)n(C)n4)[C@@H]3SC2)s1. The topological polar surface area (TPSA) is 130 Å². The number of β-lactam (4-membered cyclic amide) rings is 1. The van der Waals surface area contributed by atoms with Crippen molar-refractivity contribution < 1.29 is 32.7 Å². The van der Waals surface area contributed by atoms with Gasteiger partial charge in [-0.05, 0) is 12.5 Å². The van der Waals surface area contributed by atoms with Gasteiger partial charge in [0.2, 0.25) is 0 Å². The summed E-state index contributed by atoms with van der Waals surface area (Å²) in [5, 5.41) is 23.6. The van der Waals surface area contributed by atoms with Crippen molar-refractivity contribution in [3.8, 4) is 0 Å². The highest BCUT2D eigenvalue weighted by atomic mass is 32.2. The van der Waals surface area contributed by atoms with E-state index >= 15 is 0 Å². The van der Waals surface area contributed by atoms with Crippen LogP contribution in [0.3, 0.4) is 0 Å². The molecule has 0 aromatic carbocycles. The van der Waals surface area contributed by atoms with Crippen LogP contribution in [0.1, 0.15) is 21.2 Å². The van der Waals surface area contributed by atoms with E-state index in [4.69, 9.17) is 0 Å². The molecule has 2 N–H and O–H groups in total. The summed E-state index contributed by atoms with van der Waals surface area (Å²) < 4.78 is 40.1. The van der Waals surface area contributed by atoms with E-state index in [2.05, 4.69) is 20.6 Å². The van der Waals surface area contributed by atoms with Crippen LogP contribution in [0.5, 0.6) is 0 Å². The average molecular weight is 521 g/mol. The lowest BCUT2D eigenvalue weighted by atomic mass is 10.0. The molecule has 2 aliphatic rings. The first kappa shape index (κ1) is 23.6. The second-order valence-electron chi connectivity index (χ2n) is 7.03. The molecule has 4 heterocycles. The van der Waals surface area contributed by atoms with Crippen LogP contribution in [0.25, 0.3) is 0 Å². The molecule has 0 spiro atoms. The number of carboxylic acid groups (broad SMARTS) is 1. The highest BCUT2D eigenvalue weighted by molar-refractivity contribution is 8.01. The van der Waals surface area contributed by atoms with Gasteiger partial charge in [-0.1, -0.05) is 23.1 Å². The van der Waals surface area contributed by atoms with E-state index in [1.54, 1.807) is 6.92 Å². The van der Waals surface area contributed by atoms with Gasteiger partial charge in [0.05, 0.1) is 0 Å². The Kier molecular flexibility index (Phi) is 6.17. The largest absolute Gasteiger partial charge is 0.477 e. The third-order valence-corrected chi connectivity index (χ3v) is 8.21. The van der Waals surface area contributed by atoms with Gasteiger partial charge < -0.3 is 10.4 Å². The molecule has 10 nitrogen and oxygen atoms in total. The summed E-state index contributed by atoms with van der Waals surface area (Å²) in [7, 11) is 1.05. The van der Waals surface area contributed by atoms with E-state index < -0.39 is 46.8 Å². The fraction of sp³-hybridized carbons (Fsp3) is 0.412. The van der Waals surface area contributed by atoms with Crippen LogP contribution in [0, 0.1) is 6.92 Å². The Hall–Kier alpha value is -2.59. The number of carbonyl (C=O) groups is 3. The van der Waals surface area contributed by atoms with Crippen molar-refractivity contribution in [1.29, 1.82) is 0 Å². The van der Waals surface area contributed by atoms with Gasteiger partial charge in [-0.25, -0.2) is 4.79 Å². The highest BCUT2D eigenvalue weighted by Crippen LogP contribution is 2.42. The van der Waals surface area contributed by atoms with Gasteiger partial charge in [0.15, 0.2) is 10.0 Å². The van der Waals surface area contributed by atoms with Gasteiger partial charge >= 0.3 is 12.1 Å². The summed E-state index contributed by atoms with van der Waals surface area (Å²) in [4.78, 5) is 38.1. The number of aliphatic carboxylic acids is 1. The Morgan fingerprint density at radius 1 is 1.36 bits per heavy atom. The van der Waals surface area contributed by atoms with E-state index in [1.165, 1.54) is 34.9 Å². The van der Waals surface area contributed by atoms with Gasteiger partial charge in [0.1, 0.15) is 27.8 Å². The van der Waals surface area contributed by atoms with Crippen LogP contribution in [0.2, 0.25) is 0 Å². The first-order valence-electron chi connectivity index (χ1n) is 9.22. The van der Waals surface area contributed by atoms with Crippen molar-refractivity contribution in [2.24, 2.45) is 7.05 Å². The third-order valence-electron chi connectivity index (χ3n) is 4.82. The second kappa shape index (κ2) is 8.64. The molecule has 0 radical (unpaired) electrons. The molecule has 1 fully saturated rings. The monoisotopic (exact) mass is 520 g/mol. The lowest BCUT2D eigenvalue weighted by molar-refractivity contribution is -0.148. The Balaban J connectivity index is 1.48. The minimum atomic E-state index is -4.69. The van der Waals surface area contributed by atoms with Crippen LogP contribution in [-0.4, -0.2) is 70.7 Å². The Morgan fingerprint density at radius 2 is 2.09 bits per heavy atom. The molecule has 4 rings (SSSR count). The molecular weight excluding hydrogens is 505 g/mol. The first-order valence-corrected chi connectivity index (χ1v) is 12.1. The fourth-order valence-electron chi connectivity index (χ4n) is 3.34. The number of rotatable bonds is 6. The van der Waals surface area contributed by atoms with Gasteiger partial charge in [0, 0.05) is 24.6 Å². The van der Waals surface area contributed by atoms with Crippen molar-refractivity contribution >= 4 is 52.6 Å². The maximum atomic E-state index is 13.0. The van der Waals surface area contributed by atoms with Crippen molar-refractivity contribution in [2.45, 2.75) is 28.9 Å². The molecule has 0 saturated carbocycles. The number of carbonyl (C=O) groups excluding carboxylic acids is 2. The number of aromatic nitrogens is 4. The van der Waals surface area contributed by atoms with Crippen molar-refractivity contribution in [1.82, 2.24) is 30.2 Å². The molecule has 0 aliphatic carbocycles. The molecular formula is C17H15F3N6O4S3. The van der Waals surface area contributed by atoms with Gasteiger partial charge in [-0.2, -0.15) is 18.3 Å². The van der Waals surface area contributed by atoms with Crippen molar-refractivity contribution in [3.63, 3.8) is 0 Å². The third kappa shape index (κ3) is 4.46.